The van der Waals surface area contributed by atoms with E-state index in [1.165, 1.54) is 31.4 Å². The van der Waals surface area contributed by atoms with E-state index in [1.807, 2.05) is 5.43 Å². The summed E-state index contributed by atoms with van der Waals surface area (Å²) in [5, 5.41) is 3.46. The maximum Gasteiger partial charge on any atom is 0.419 e. The normalized spacial score (nSPS) is 11.9. The molecular formula is C23H18F4N2O5S. The number of para-hydroxylation sites is 1. The summed E-state index contributed by atoms with van der Waals surface area (Å²) in [5.41, 5.74) is -0.158. The lowest BCUT2D eigenvalue weighted by molar-refractivity contribution is -0.140. The van der Waals surface area contributed by atoms with E-state index in [2.05, 4.69) is 5.10 Å². The molecule has 0 bridgehead atoms. The van der Waals surface area contributed by atoms with E-state index in [-0.39, 0.29) is 18.2 Å². The van der Waals surface area contributed by atoms with Gasteiger partial charge in [0.1, 0.15) is 22.2 Å². The maximum absolute atomic E-state index is 14.8. The van der Waals surface area contributed by atoms with Crippen molar-refractivity contribution in [3.05, 3.63) is 89.2 Å². The summed E-state index contributed by atoms with van der Waals surface area (Å²) >= 11 is 0. The second-order valence-corrected chi connectivity index (χ2v) is 8.52. The van der Waals surface area contributed by atoms with Crippen LogP contribution < -0.4 is 14.3 Å². The van der Waals surface area contributed by atoms with Crippen LogP contribution in [-0.2, 0) is 27.5 Å². The van der Waals surface area contributed by atoms with E-state index in [9.17, 15) is 30.8 Å². The zero-order valence-corrected chi connectivity index (χ0v) is 18.9. The first-order chi connectivity index (χ1) is 16.5. The number of carbonyl (C=O) groups is 1. The highest BCUT2D eigenvalue weighted by atomic mass is 32.2. The second-order valence-electron chi connectivity index (χ2n) is 7.01. The van der Waals surface area contributed by atoms with Gasteiger partial charge in [0, 0.05) is 0 Å². The molecule has 12 heteroatoms. The number of hydrogen-bond acceptors (Lipinski definition) is 6. The largest absolute Gasteiger partial charge is 0.497 e. The fraction of sp³-hybridized carbons (Fsp3) is 0.130. The number of hydrazone groups is 1. The summed E-state index contributed by atoms with van der Waals surface area (Å²) in [4.78, 5) is 11.2. The monoisotopic (exact) mass is 510 g/mol. The van der Waals surface area contributed by atoms with Crippen LogP contribution in [-0.4, -0.2) is 27.6 Å². The highest BCUT2D eigenvalue weighted by Crippen LogP contribution is 2.34. The van der Waals surface area contributed by atoms with Crippen LogP contribution in [0.4, 0.5) is 17.6 Å². The van der Waals surface area contributed by atoms with Crippen LogP contribution in [0.3, 0.4) is 0 Å². The van der Waals surface area contributed by atoms with Crippen molar-refractivity contribution in [1.29, 1.82) is 0 Å². The third kappa shape index (κ3) is 6.57. The Hall–Kier alpha value is -3.93. The molecule has 184 valence electrons. The van der Waals surface area contributed by atoms with E-state index in [0.717, 1.165) is 0 Å². The highest BCUT2D eigenvalue weighted by molar-refractivity contribution is 7.87. The lowest BCUT2D eigenvalue weighted by atomic mass is 10.1. The molecule has 0 aliphatic carbocycles. The Labute approximate surface area is 198 Å². The van der Waals surface area contributed by atoms with E-state index in [4.69, 9.17) is 8.92 Å². The van der Waals surface area contributed by atoms with Gasteiger partial charge in [-0.25, -0.2) is 9.82 Å². The number of halogens is 4. The molecule has 35 heavy (non-hydrogen) atoms. The number of rotatable bonds is 8. The number of alkyl halides is 3. The molecule has 7 nitrogen and oxygen atoms in total. The molecule has 1 N–H and O–H groups in total. The molecule has 1 amide bonds. The molecule has 0 radical (unpaired) electrons. The third-order valence-electron chi connectivity index (χ3n) is 4.55. The van der Waals surface area contributed by atoms with Gasteiger partial charge in [0.2, 0.25) is 5.91 Å². The quantitative estimate of drug-likeness (QED) is 0.211. The number of benzene rings is 3. The van der Waals surface area contributed by atoms with Crippen LogP contribution in [0.2, 0.25) is 0 Å². The molecule has 0 aromatic heterocycles. The number of nitrogens with zero attached hydrogens (tertiary/aromatic N) is 1. The van der Waals surface area contributed by atoms with Gasteiger partial charge in [0.05, 0.1) is 30.9 Å². The van der Waals surface area contributed by atoms with Crippen LogP contribution in [0.25, 0.3) is 0 Å². The Morgan fingerprint density at radius 3 is 2.37 bits per heavy atom. The SMILES string of the molecule is COc1cccc(CC(=O)NN=Cc2c(S(=O)(=O)Oc3ccccc3)ccc(C(F)(F)F)c2F)c1. The summed E-state index contributed by atoms with van der Waals surface area (Å²) in [6, 6.07) is 14.5. The molecule has 0 aliphatic rings. The highest BCUT2D eigenvalue weighted by Gasteiger charge is 2.37. The van der Waals surface area contributed by atoms with E-state index < -0.39 is 44.0 Å². The Bertz CT molecular complexity index is 1340. The summed E-state index contributed by atoms with van der Waals surface area (Å²) in [6.07, 6.45) is -4.80. The van der Waals surface area contributed by atoms with Gasteiger partial charge in [0.25, 0.3) is 0 Å². The van der Waals surface area contributed by atoms with E-state index in [1.54, 1.807) is 30.3 Å². The van der Waals surface area contributed by atoms with Crippen molar-refractivity contribution in [3.63, 3.8) is 0 Å². The molecule has 0 saturated carbocycles. The van der Waals surface area contributed by atoms with Crippen LogP contribution in [0, 0.1) is 5.82 Å². The maximum atomic E-state index is 14.8. The molecule has 0 aliphatic heterocycles. The predicted octanol–water partition coefficient (Wildman–Crippen LogP) is 4.31. The van der Waals surface area contributed by atoms with Gasteiger partial charge in [-0.3, -0.25) is 4.79 Å². The number of nitrogens with one attached hydrogen (secondary N) is 1. The lowest BCUT2D eigenvalue weighted by Crippen LogP contribution is -2.21. The van der Waals surface area contributed by atoms with Gasteiger partial charge in [-0.15, -0.1) is 0 Å². The first-order valence-corrected chi connectivity index (χ1v) is 11.3. The van der Waals surface area contributed by atoms with Gasteiger partial charge in [0.15, 0.2) is 0 Å². The smallest absolute Gasteiger partial charge is 0.419 e. The first-order valence-electron chi connectivity index (χ1n) is 9.85. The van der Waals surface area contributed by atoms with Crippen LogP contribution in [0.1, 0.15) is 16.7 Å². The predicted molar refractivity (Wildman–Crippen MR) is 118 cm³/mol. The lowest BCUT2D eigenvalue weighted by Gasteiger charge is -2.14. The Morgan fingerprint density at radius 2 is 1.71 bits per heavy atom. The fourth-order valence-electron chi connectivity index (χ4n) is 2.96. The molecule has 0 saturated heterocycles. The summed E-state index contributed by atoms with van der Waals surface area (Å²) in [6.45, 7) is 0. The van der Waals surface area contributed by atoms with Crippen molar-refractivity contribution in [2.24, 2.45) is 5.10 Å². The van der Waals surface area contributed by atoms with Gasteiger partial charge >= 0.3 is 16.3 Å². The number of amides is 1. The minimum atomic E-state index is -5.11. The topological polar surface area (TPSA) is 94.1 Å². The van der Waals surface area contributed by atoms with Crippen molar-refractivity contribution in [2.45, 2.75) is 17.5 Å². The van der Waals surface area contributed by atoms with Gasteiger partial charge in [-0.05, 0) is 42.0 Å². The van der Waals surface area contributed by atoms with Gasteiger partial charge in [-0.2, -0.15) is 26.7 Å². The zero-order valence-electron chi connectivity index (χ0n) is 18.0. The van der Waals surface area contributed by atoms with E-state index >= 15 is 0 Å². The van der Waals surface area contributed by atoms with Crippen molar-refractivity contribution >= 4 is 22.2 Å². The molecule has 0 fully saturated rings. The number of methoxy groups -OCH3 is 1. The van der Waals surface area contributed by atoms with Crippen LogP contribution in [0.5, 0.6) is 11.5 Å². The van der Waals surface area contributed by atoms with Crippen molar-refractivity contribution in [3.8, 4) is 11.5 Å². The molecular weight excluding hydrogens is 492 g/mol. The number of ether oxygens (including phenoxy) is 1. The molecule has 0 spiro atoms. The number of hydrogen-bond donors (Lipinski definition) is 1. The summed E-state index contributed by atoms with van der Waals surface area (Å²) in [7, 11) is -3.32. The molecule has 3 rings (SSSR count). The average molecular weight is 510 g/mol. The minimum Gasteiger partial charge on any atom is -0.497 e. The number of carbonyl (C=O) groups excluding carboxylic acids is 1. The summed E-state index contributed by atoms with van der Waals surface area (Å²) < 4.78 is 89.8. The van der Waals surface area contributed by atoms with Crippen molar-refractivity contribution < 1.29 is 39.7 Å². The molecule has 3 aromatic carbocycles. The first kappa shape index (κ1) is 25.7. The van der Waals surface area contributed by atoms with Crippen molar-refractivity contribution in [2.75, 3.05) is 7.11 Å². The Balaban J connectivity index is 1.90. The fourth-order valence-corrected chi connectivity index (χ4v) is 4.06. The Kier molecular flexibility index (Phi) is 7.75. The van der Waals surface area contributed by atoms with Crippen LogP contribution >= 0.6 is 0 Å². The van der Waals surface area contributed by atoms with E-state index in [0.29, 0.717) is 23.6 Å². The summed E-state index contributed by atoms with van der Waals surface area (Å²) in [5.74, 6) is -2.21. The molecule has 0 heterocycles. The molecule has 0 unspecified atom stereocenters. The third-order valence-corrected chi connectivity index (χ3v) is 5.85. The van der Waals surface area contributed by atoms with Crippen molar-refractivity contribution in [1.82, 2.24) is 5.43 Å². The minimum absolute atomic E-state index is 0.137. The Morgan fingerprint density at radius 1 is 1.03 bits per heavy atom. The average Bonchev–Trinajstić information content (AvgIpc) is 2.79. The molecule has 0 atom stereocenters. The van der Waals surface area contributed by atoms with Gasteiger partial charge in [-0.1, -0.05) is 30.3 Å². The second kappa shape index (κ2) is 10.6. The van der Waals surface area contributed by atoms with Crippen LogP contribution in [0.15, 0.2) is 76.7 Å². The molecule has 3 aromatic rings. The standard InChI is InChI=1S/C23H18F4N2O5S/c1-33-17-9-5-6-15(12-17)13-21(30)29-28-14-18-20(11-10-19(22(18)24)23(25,26)27)35(31,32)34-16-7-3-2-4-8-16/h2-12,14H,13H2,1H3,(H,29,30). The van der Waals surface area contributed by atoms with Gasteiger partial charge < -0.3 is 8.92 Å². The zero-order chi connectivity index (χ0) is 25.6.